The number of hydrogen-bond donors (Lipinski definition) is 1. The van der Waals surface area contributed by atoms with E-state index in [1.165, 1.54) is 13.1 Å². The quantitative estimate of drug-likeness (QED) is 0.491. The molecule has 0 bridgehead atoms. The van der Waals surface area contributed by atoms with Gasteiger partial charge in [0.05, 0.1) is 18.1 Å². The van der Waals surface area contributed by atoms with Gasteiger partial charge < -0.3 is 14.8 Å². The molecule has 1 amide bonds. The molecule has 0 aliphatic rings. The van der Waals surface area contributed by atoms with Gasteiger partial charge >= 0.3 is 12.1 Å². The van der Waals surface area contributed by atoms with Crippen LogP contribution in [0.3, 0.4) is 0 Å². The number of nitro benzene ring substituents is 1. The zero-order valence-corrected chi connectivity index (χ0v) is 9.63. The lowest BCUT2D eigenvalue weighted by Crippen LogP contribution is -2.22. The number of rotatable bonds is 3. The van der Waals surface area contributed by atoms with Crippen molar-refractivity contribution in [1.29, 1.82) is 0 Å². The van der Waals surface area contributed by atoms with Crippen molar-refractivity contribution in [2.24, 2.45) is 0 Å². The third-order valence-corrected chi connectivity index (χ3v) is 1.99. The number of methoxy groups -OCH3 is 1. The molecular weight excluding hydrogens is 244 g/mol. The van der Waals surface area contributed by atoms with Crippen molar-refractivity contribution in [3.05, 3.63) is 33.9 Å². The van der Waals surface area contributed by atoms with Gasteiger partial charge in [-0.15, -0.1) is 0 Å². The monoisotopic (exact) mass is 254 g/mol. The second-order valence-electron chi connectivity index (χ2n) is 3.07. The van der Waals surface area contributed by atoms with E-state index < -0.39 is 22.7 Å². The van der Waals surface area contributed by atoms with Crippen LogP contribution in [-0.4, -0.2) is 31.1 Å². The van der Waals surface area contributed by atoms with E-state index in [9.17, 15) is 19.7 Å². The average molecular weight is 254 g/mol. The molecule has 1 aromatic carbocycles. The van der Waals surface area contributed by atoms with Gasteiger partial charge in [-0.3, -0.25) is 10.1 Å². The summed E-state index contributed by atoms with van der Waals surface area (Å²) in [5.41, 5.74) is -0.713. The Balaban J connectivity index is 3.15. The third-order valence-electron chi connectivity index (χ3n) is 1.99. The van der Waals surface area contributed by atoms with Gasteiger partial charge in [0, 0.05) is 7.05 Å². The van der Waals surface area contributed by atoms with Crippen molar-refractivity contribution >= 4 is 17.7 Å². The van der Waals surface area contributed by atoms with Crippen LogP contribution < -0.4 is 10.1 Å². The second kappa shape index (κ2) is 5.62. The van der Waals surface area contributed by atoms with E-state index in [-0.39, 0.29) is 11.3 Å². The van der Waals surface area contributed by atoms with Crippen molar-refractivity contribution in [2.75, 3.05) is 14.2 Å². The highest BCUT2D eigenvalue weighted by atomic mass is 16.6. The summed E-state index contributed by atoms with van der Waals surface area (Å²) in [6.45, 7) is 0. The molecule has 0 radical (unpaired) electrons. The molecule has 0 aliphatic heterocycles. The van der Waals surface area contributed by atoms with E-state index in [1.54, 1.807) is 0 Å². The molecule has 0 heterocycles. The number of benzene rings is 1. The maximum atomic E-state index is 11.3. The van der Waals surface area contributed by atoms with Crippen LogP contribution in [0.5, 0.6) is 5.75 Å². The van der Waals surface area contributed by atoms with Gasteiger partial charge in [0.1, 0.15) is 11.3 Å². The minimum Gasteiger partial charge on any atom is -0.465 e. The fraction of sp³-hybridized carbons (Fsp3) is 0.200. The summed E-state index contributed by atoms with van der Waals surface area (Å²) in [5.74, 6) is -0.887. The molecule has 0 atom stereocenters. The molecule has 8 heteroatoms. The molecular formula is C10H10N2O6. The molecule has 0 unspecified atom stereocenters. The Morgan fingerprint density at radius 1 is 1.39 bits per heavy atom. The highest BCUT2D eigenvalue weighted by Crippen LogP contribution is 2.25. The highest BCUT2D eigenvalue weighted by molar-refractivity contribution is 5.94. The summed E-state index contributed by atoms with van der Waals surface area (Å²) in [6, 6.07) is 3.39. The molecule has 1 aromatic rings. The molecule has 1 rings (SSSR count). The summed E-state index contributed by atoms with van der Waals surface area (Å²) >= 11 is 0. The fourth-order valence-electron chi connectivity index (χ4n) is 1.17. The van der Waals surface area contributed by atoms with Crippen LogP contribution in [0.25, 0.3) is 0 Å². The van der Waals surface area contributed by atoms with Crippen molar-refractivity contribution in [2.45, 2.75) is 0 Å². The van der Waals surface area contributed by atoms with Crippen LogP contribution in [0.4, 0.5) is 10.5 Å². The molecule has 96 valence electrons. The predicted molar refractivity (Wildman–Crippen MR) is 59.5 cm³/mol. The molecule has 0 spiro atoms. The minimum atomic E-state index is -0.840. The van der Waals surface area contributed by atoms with E-state index in [0.29, 0.717) is 0 Å². The predicted octanol–water partition coefficient (Wildman–Crippen LogP) is 1.10. The Kier molecular flexibility index (Phi) is 4.19. The lowest BCUT2D eigenvalue weighted by atomic mass is 10.2. The Hall–Kier alpha value is -2.64. The number of esters is 1. The van der Waals surface area contributed by atoms with Gasteiger partial charge in [-0.25, -0.2) is 9.59 Å². The molecule has 0 aliphatic carbocycles. The smallest absolute Gasteiger partial charge is 0.412 e. The van der Waals surface area contributed by atoms with Gasteiger partial charge in [-0.05, 0) is 12.1 Å². The Morgan fingerprint density at radius 2 is 2.06 bits per heavy atom. The number of nitro groups is 1. The van der Waals surface area contributed by atoms with Gasteiger partial charge in [0.15, 0.2) is 0 Å². The van der Waals surface area contributed by atoms with Crippen molar-refractivity contribution in [1.82, 2.24) is 5.32 Å². The first kappa shape index (κ1) is 13.4. The highest BCUT2D eigenvalue weighted by Gasteiger charge is 2.22. The zero-order valence-electron chi connectivity index (χ0n) is 9.63. The van der Waals surface area contributed by atoms with Crippen molar-refractivity contribution in [3.8, 4) is 5.75 Å². The normalized spacial score (nSPS) is 9.44. The standard InChI is InChI=1S/C10H10N2O6/c1-11-10(14)18-6-3-4-7(9(13)17-2)8(5-6)12(15)16/h3-5H,1-2H3,(H,11,14). The van der Waals surface area contributed by atoms with Gasteiger partial charge in [-0.2, -0.15) is 0 Å². The second-order valence-corrected chi connectivity index (χ2v) is 3.07. The first-order chi connectivity index (χ1) is 8.49. The zero-order chi connectivity index (χ0) is 13.7. The lowest BCUT2D eigenvalue weighted by molar-refractivity contribution is -0.385. The molecule has 1 N–H and O–H groups in total. The van der Waals surface area contributed by atoms with E-state index in [0.717, 1.165) is 19.2 Å². The lowest BCUT2D eigenvalue weighted by Gasteiger charge is -2.05. The number of nitrogens with one attached hydrogen (secondary N) is 1. The van der Waals surface area contributed by atoms with Gasteiger partial charge in [-0.1, -0.05) is 0 Å². The number of nitrogens with zero attached hydrogens (tertiary/aromatic N) is 1. The van der Waals surface area contributed by atoms with Gasteiger partial charge in [0.2, 0.25) is 0 Å². The number of carbonyl (C=O) groups is 2. The maximum Gasteiger partial charge on any atom is 0.412 e. The first-order valence-electron chi connectivity index (χ1n) is 4.76. The number of hydrogen-bond acceptors (Lipinski definition) is 6. The van der Waals surface area contributed by atoms with E-state index in [2.05, 4.69) is 10.1 Å². The number of carbonyl (C=O) groups excluding carboxylic acids is 2. The molecule has 0 fully saturated rings. The molecule has 18 heavy (non-hydrogen) atoms. The van der Waals surface area contributed by atoms with E-state index in [1.807, 2.05) is 0 Å². The summed E-state index contributed by atoms with van der Waals surface area (Å²) < 4.78 is 9.12. The van der Waals surface area contributed by atoms with E-state index in [4.69, 9.17) is 4.74 Å². The summed E-state index contributed by atoms with van der Waals surface area (Å²) in [5, 5.41) is 13.0. The van der Waals surface area contributed by atoms with Crippen LogP contribution >= 0.6 is 0 Å². The molecule has 0 aromatic heterocycles. The van der Waals surface area contributed by atoms with Crippen LogP contribution in [0, 0.1) is 10.1 Å². The van der Waals surface area contributed by atoms with Gasteiger partial charge in [0.25, 0.3) is 5.69 Å². The topological polar surface area (TPSA) is 108 Å². The molecule has 0 saturated carbocycles. The van der Waals surface area contributed by atoms with Crippen LogP contribution in [-0.2, 0) is 4.74 Å². The van der Waals surface area contributed by atoms with Crippen molar-refractivity contribution in [3.63, 3.8) is 0 Å². The molecule has 8 nitrogen and oxygen atoms in total. The largest absolute Gasteiger partial charge is 0.465 e. The number of ether oxygens (including phenoxy) is 2. The van der Waals surface area contributed by atoms with Crippen molar-refractivity contribution < 1.29 is 24.0 Å². The summed E-state index contributed by atoms with van der Waals surface area (Å²) in [6.07, 6.45) is -0.768. The third kappa shape index (κ3) is 2.94. The van der Waals surface area contributed by atoms with E-state index >= 15 is 0 Å². The fourth-order valence-corrected chi connectivity index (χ4v) is 1.17. The summed E-state index contributed by atoms with van der Waals surface area (Å²) in [4.78, 5) is 32.3. The first-order valence-corrected chi connectivity index (χ1v) is 4.76. The Morgan fingerprint density at radius 3 is 2.56 bits per heavy atom. The van der Waals surface area contributed by atoms with Crippen LogP contribution in [0.1, 0.15) is 10.4 Å². The van der Waals surface area contributed by atoms with Crippen LogP contribution in [0.15, 0.2) is 18.2 Å². The summed E-state index contributed by atoms with van der Waals surface area (Å²) in [7, 11) is 2.46. The Labute approximate surface area is 102 Å². The maximum absolute atomic E-state index is 11.3. The van der Waals surface area contributed by atoms with Crippen LogP contribution in [0.2, 0.25) is 0 Å². The SMILES string of the molecule is CNC(=O)Oc1ccc(C(=O)OC)c([N+](=O)[O-])c1. The number of amides is 1. The average Bonchev–Trinajstić information content (AvgIpc) is 2.37. The minimum absolute atomic E-state index is 0.0475. The Bertz CT molecular complexity index is 499. The molecule has 0 saturated heterocycles.